The lowest BCUT2D eigenvalue weighted by Crippen LogP contribution is -2.22. The summed E-state index contributed by atoms with van der Waals surface area (Å²) in [4.78, 5) is 15.8. The summed E-state index contributed by atoms with van der Waals surface area (Å²) in [5, 5.41) is 11.6. The Morgan fingerprint density at radius 1 is 1.25 bits per heavy atom. The van der Waals surface area contributed by atoms with Crippen molar-refractivity contribution in [1.29, 1.82) is 5.26 Å². The number of pyridine rings is 1. The van der Waals surface area contributed by atoms with Gasteiger partial charge in [-0.1, -0.05) is 31.2 Å². The molecule has 0 aliphatic carbocycles. The van der Waals surface area contributed by atoms with E-state index in [1.165, 1.54) is 17.8 Å². The first-order chi connectivity index (χ1) is 9.72. The van der Waals surface area contributed by atoms with Gasteiger partial charge in [-0.2, -0.15) is 5.26 Å². The molecule has 0 spiro atoms. The lowest BCUT2D eigenvalue weighted by Gasteiger charge is -2.06. The predicted molar refractivity (Wildman–Crippen MR) is 75.9 cm³/mol. The average molecular weight is 265 g/mol. The molecule has 0 saturated heterocycles. The number of benzene rings is 1. The number of hydrogen-bond acceptors (Lipinski definition) is 3. The normalized spacial score (nSPS) is 9.80. The molecule has 2 rings (SSSR count). The van der Waals surface area contributed by atoms with E-state index in [0.29, 0.717) is 12.1 Å². The van der Waals surface area contributed by atoms with Gasteiger partial charge in [-0.15, -0.1) is 0 Å². The van der Waals surface area contributed by atoms with Crippen LogP contribution in [-0.2, 0) is 13.0 Å². The van der Waals surface area contributed by atoms with Crippen molar-refractivity contribution in [1.82, 2.24) is 10.3 Å². The maximum Gasteiger partial charge on any atom is 0.251 e. The van der Waals surface area contributed by atoms with E-state index >= 15 is 0 Å². The lowest BCUT2D eigenvalue weighted by atomic mass is 10.1. The summed E-state index contributed by atoms with van der Waals surface area (Å²) in [6, 6.07) is 13.1. The molecule has 0 fully saturated rings. The quantitative estimate of drug-likeness (QED) is 0.923. The number of hydrogen-bond donors (Lipinski definition) is 1. The molecule has 0 unspecified atom stereocenters. The molecule has 100 valence electrons. The Hall–Kier alpha value is -2.67. The zero-order chi connectivity index (χ0) is 14.4. The van der Waals surface area contributed by atoms with Crippen LogP contribution in [0.3, 0.4) is 0 Å². The standard InChI is InChI=1S/C16H15N3O/c1-2-12-3-5-13(6-4-12)11-19-16(20)14-7-8-18-15(9-14)10-17/h3-9H,2,11H2,1H3,(H,19,20). The van der Waals surface area contributed by atoms with E-state index in [1.807, 2.05) is 18.2 Å². The van der Waals surface area contributed by atoms with Crippen LogP contribution >= 0.6 is 0 Å². The van der Waals surface area contributed by atoms with E-state index in [0.717, 1.165) is 12.0 Å². The maximum absolute atomic E-state index is 12.0. The molecule has 1 amide bonds. The molecule has 0 aliphatic rings. The van der Waals surface area contributed by atoms with Gasteiger partial charge in [0, 0.05) is 18.3 Å². The fourth-order valence-corrected chi connectivity index (χ4v) is 1.81. The van der Waals surface area contributed by atoms with Gasteiger partial charge in [-0.25, -0.2) is 4.98 Å². The highest BCUT2D eigenvalue weighted by molar-refractivity contribution is 5.94. The fraction of sp³-hybridized carbons (Fsp3) is 0.188. The third-order valence-electron chi connectivity index (χ3n) is 3.02. The Balaban J connectivity index is 1.99. The van der Waals surface area contributed by atoms with Gasteiger partial charge in [0.2, 0.25) is 0 Å². The molecule has 2 aromatic rings. The van der Waals surface area contributed by atoms with Gasteiger partial charge in [-0.3, -0.25) is 4.79 Å². The van der Waals surface area contributed by atoms with Gasteiger partial charge >= 0.3 is 0 Å². The number of carbonyl (C=O) groups excluding carboxylic acids is 1. The molecule has 0 bridgehead atoms. The van der Waals surface area contributed by atoms with Gasteiger partial charge in [0.1, 0.15) is 11.8 Å². The lowest BCUT2D eigenvalue weighted by molar-refractivity contribution is 0.0951. The van der Waals surface area contributed by atoms with Gasteiger partial charge in [-0.05, 0) is 29.7 Å². The third-order valence-corrected chi connectivity index (χ3v) is 3.02. The van der Waals surface area contributed by atoms with E-state index in [-0.39, 0.29) is 11.6 Å². The molecule has 1 N–H and O–H groups in total. The second-order valence-corrected chi connectivity index (χ2v) is 4.39. The molecule has 0 atom stereocenters. The number of aryl methyl sites for hydroxylation is 1. The maximum atomic E-state index is 12.0. The molecule has 4 heteroatoms. The van der Waals surface area contributed by atoms with Crippen molar-refractivity contribution >= 4 is 5.91 Å². The van der Waals surface area contributed by atoms with Gasteiger partial charge in [0.15, 0.2) is 0 Å². The minimum atomic E-state index is -0.205. The van der Waals surface area contributed by atoms with E-state index in [9.17, 15) is 4.79 Å². The van der Waals surface area contributed by atoms with Crippen molar-refractivity contribution in [3.8, 4) is 6.07 Å². The van der Waals surface area contributed by atoms with Crippen molar-refractivity contribution in [2.24, 2.45) is 0 Å². The van der Waals surface area contributed by atoms with Gasteiger partial charge < -0.3 is 5.32 Å². The zero-order valence-electron chi connectivity index (χ0n) is 11.3. The number of aromatic nitrogens is 1. The molecular formula is C16H15N3O. The highest BCUT2D eigenvalue weighted by atomic mass is 16.1. The Kier molecular flexibility index (Phi) is 4.46. The minimum absolute atomic E-state index is 0.205. The molecule has 1 heterocycles. The van der Waals surface area contributed by atoms with Crippen LogP contribution in [0.2, 0.25) is 0 Å². The first kappa shape index (κ1) is 13.8. The number of nitrogens with one attached hydrogen (secondary N) is 1. The fourth-order valence-electron chi connectivity index (χ4n) is 1.81. The van der Waals surface area contributed by atoms with Gasteiger partial charge in [0.25, 0.3) is 5.91 Å². The second-order valence-electron chi connectivity index (χ2n) is 4.39. The zero-order valence-corrected chi connectivity index (χ0v) is 11.3. The van der Waals surface area contributed by atoms with Crippen molar-refractivity contribution in [3.63, 3.8) is 0 Å². The molecule has 0 radical (unpaired) electrons. The second kappa shape index (κ2) is 6.48. The van der Waals surface area contributed by atoms with Crippen molar-refractivity contribution in [3.05, 3.63) is 65.0 Å². The van der Waals surface area contributed by atoms with Crippen LogP contribution in [0.5, 0.6) is 0 Å². The van der Waals surface area contributed by atoms with E-state index in [1.54, 1.807) is 6.07 Å². The predicted octanol–water partition coefficient (Wildman–Crippen LogP) is 2.45. The molecular weight excluding hydrogens is 250 g/mol. The van der Waals surface area contributed by atoms with E-state index < -0.39 is 0 Å². The summed E-state index contributed by atoms with van der Waals surface area (Å²) >= 11 is 0. The van der Waals surface area contributed by atoms with Gasteiger partial charge in [0.05, 0.1) is 0 Å². The molecule has 1 aromatic carbocycles. The Bertz CT molecular complexity index is 642. The number of nitriles is 1. The highest BCUT2D eigenvalue weighted by Crippen LogP contribution is 2.06. The Morgan fingerprint density at radius 2 is 1.95 bits per heavy atom. The third kappa shape index (κ3) is 3.42. The molecule has 0 aliphatic heterocycles. The summed E-state index contributed by atoms with van der Waals surface area (Å²) in [6.45, 7) is 2.57. The van der Waals surface area contributed by atoms with Crippen LogP contribution in [0.1, 0.15) is 34.1 Å². The average Bonchev–Trinajstić information content (AvgIpc) is 2.53. The molecule has 4 nitrogen and oxygen atoms in total. The van der Waals surface area contributed by atoms with Crippen LogP contribution in [-0.4, -0.2) is 10.9 Å². The summed E-state index contributed by atoms with van der Waals surface area (Å²) in [7, 11) is 0. The number of carbonyl (C=O) groups is 1. The summed E-state index contributed by atoms with van der Waals surface area (Å²) in [5.74, 6) is -0.205. The van der Waals surface area contributed by atoms with Crippen LogP contribution in [0, 0.1) is 11.3 Å². The van der Waals surface area contributed by atoms with Crippen molar-refractivity contribution in [2.75, 3.05) is 0 Å². The number of amides is 1. The first-order valence-electron chi connectivity index (χ1n) is 6.45. The molecule has 0 saturated carbocycles. The largest absolute Gasteiger partial charge is 0.348 e. The van der Waals surface area contributed by atoms with Crippen LogP contribution in [0.15, 0.2) is 42.6 Å². The minimum Gasteiger partial charge on any atom is -0.348 e. The Morgan fingerprint density at radius 3 is 2.60 bits per heavy atom. The Labute approximate surface area is 118 Å². The van der Waals surface area contributed by atoms with Crippen LogP contribution in [0.25, 0.3) is 0 Å². The summed E-state index contributed by atoms with van der Waals surface area (Å²) < 4.78 is 0. The van der Waals surface area contributed by atoms with E-state index in [2.05, 4.69) is 29.4 Å². The topological polar surface area (TPSA) is 65.8 Å². The molecule has 1 aromatic heterocycles. The smallest absolute Gasteiger partial charge is 0.251 e. The molecule has 20 heavy (non-hydrogen) atoms. The number of rotatable bonds is 4. The highest BCUT2D eigenvalue weighted by Gasteiger charge is 2.06. The van der Waals surface area contributed by atoms with Crippen LogP contribution in [0.4, 0.5) is 0 Å². The SMILES string of the molecule is CCc1ccc(CNC(=O)c2ccnc(C#N)c2)cc1. The van der Waals surface area contributed by atoms with Crippen molar-refractivity contribution in [2.45, 2.75) is 19.9 Å². The summed E-state index contributed by atoms with van der Waals surface area (Å²) in [6.07, 6.45) is 2.46. The monoisotopic (exact) mass is 265 g/mol. The first-order valence-corrected chi connectivity index (χ1v) is 6.45. The van der Waals surface area contributed by atoms with E-state index in [4.69, 9.17) is 5.26 Å². The number of nitrogens with zero attached hydrogens (tertiary/aromatic N) is 2. The van der Waals surface area contributed by atoms with Crippen LogP contribution < -0.4 is 5.32 Å². The summed E-state index contributed by atoms with van der Waals surface area (Å²) in [5.41, 5.74) is 3.00. The van der Waals surface area contributed by atoms with Crippen molar-refractivity contribution < 1.29 is 4.79 Å².